The third-order valence-corrected chi connectivity index (χ3v) is 2.04. The number of nitrogens with zero attached hydrogens (tertiary/aromatic N) is 4. The molecule has 13 heavy (non-hydrogen) atoms. The molecule has 2 aromatic rings. The minimum Gasteiger partial charge on any atom is -0.272 e. The standard InChI is InChI=1S/C9H10N4/c1-7-3-9(10-4-8(7)2)13-5-11-12-6-13/h3-6H,1-2H3. The van der Waals surface area contributed by atoms with Crippen LogP contribution in [-0.4, -0.2) is 19.7 Å². The van der Waals surface area contributed by atoms with Crippen LogP contribution in [0.1, 0.15) is 11.1 Å². The lowest BCUT2D eigenvalue weighted by molar-refractivity contribution is 0.979. The Balaban J connectivity index is 2.49. The van der Waals surface area contributed by atoms with Crippen molar-refractivity contribution in [3.8, 4) is 5.82 Å². The fourth-order valence-electron chi connectivity index (χ4n) is 1.07. The van der Waals surface area contributed by atoms with Crippen LogP contribution < -0.4 is 0 Å². The molecule has 66 valence electrons. The molecule has 2 rings (SSSR count). The fraction of sp³-hybridized carbons (Fsp3) is 0.222. The van der Waals surface area contributed by atoms with E-state index >= 15 is 0 Å². The normalized spacial score (nSPS) is 10.3. The van der Waals surface area contributed by atoms with Gasteiger partial charge in [0.2, 0.25) is 0 Å². The number of hydrogen-bond acceptors (Lipinski definition) is 3. The minimum atomic E-state index is 0.855. The second kappa shape index (κ2) is 2.97. The van der Waals surface area contributed by atoms with E-state index in [0.29, 0.717) is 0 Å². The van der Waals surface area contributed by atoms with Gasteiger partial charge in [-0.25, -0.2) is 4.98 Å². The maximum absolute atomic E-state index is 4.26. The van der Waals surface area contributed by atoms with Crippen LogP contribution in [0.25, 0.3) is 5.82 Å². The van der Waals surface area contributed by atoms with Crippen molar-refractivity contribution < 1.29 is 0 Å². The zero-order valence-electron chi connectivity index (χ0n) is 7.60. The first kappa shape index (κ1) is 7.91. The van der Waals surface area contributed by atoms with Gasteiger partial charge in [-0.2, -0.15) is 0 Å². The Labute approximate surface area is 76.3 Å². The van der Waals surface area contributed by atoms with E-state index in [-0.39, 0.29) is 0 Å². The van der Waals surface area contributed by atoms with Gasteiger partial charge in [0, 0.05) is 6.20 Å². The summed E-state index contributed by atoms with van der Waals surface area (Å²) in [5, 5.41) is 7.45. The van der Waals surface area contributed by atoms with Crippen molar-refractivity contribution in [3.63, 3.8) is 0 Å². The van der Waals surface area contributed by atoms with Crippen LogP contribution in [0.4, 0.5) is 0 Å². The van der Waals surface area contributed by atoms with Crippen molar-refractivity contribution in [2.45, 2.75) is 13.8 Å². The second-order valence-electron chi connectivity index (χ2n) is 3.00. The predicted octanol–water partition coefficient (Wildman–Crippen LogP) is 1.28. The van der Waals surface area contributed by atoms with E-state index < -0.39 is 0 Å². The molecule has 0 bridgehead atoms. The van der Waals surface area contributed by atoms with Gasteiger partial charge >= 0.3 is 0 Å². The molecule has 0 aliphatic heterocycles. The highest BCUT2D eigenvalue weighted by Crippen LogP contribution is 2.09. The van der Waals surface area contributed by atoms with Crippen LogP contribution in [-0.2, 0) is 0 Å². The molecular formula is C9H10N4. The molecule has 0 spiro atoms. The van der Waals surface area contributed by atoms with E-state index in [1.54, 1.807) is 17.2 Å². The van der Waals surface area contributed by atoms with Crippen LogP contribution >= 0.6 is 0 Å². The number of pyridine rings is 1. The Morgan fingerprint density at radius 2 is 1.77 bits per heavy atom. The Bertz CT molecular complexity index is 406. The van der Waals surface area contributed by atoms with Crippen LogP contribution in [0, 0.1) is 13.8 Å². The van der Waals surface area contributed by atoms with Gasteiger partial charge in [0.1, 0.15) is 18.5 Å². The first-order chi connectivity index (χ1) is 6.27. The van der Waals surface area contributed by atoms with Gasteiger partial charge in [-0.3, -0.25) is 4.57 Å². The molecular weight excluding hydrogens is 164 g/mol. The Kier molecular flexibility index (Phi) is 1.81. The highest BCUT2D eigenvalue weighted by molar-refractivity contribution is 5.31. The minimum absolute atomic E-state index is 0.855. The molecule has 0 aliphatic carbocycles. The van der Waals surface area contributed by atoms with Crippen LogP contribution in [0.2, 0.25) is 0 Å². The van der Waals surface area contributed by atoms with Gasteiger partial charge in [0.25, 0.3) is 0 Å². The average molecular weight is 174 g/mol. The molecule has 0 saturated carbocycles. The van der Waals surface area contributed by atoms with E-state index in [0.717, 1.165) is 5.82 Å². The van der Waals surface area contributed by atoms with Gasteiger partial charge in [-0.15, -0.1) is 10.2 Å². The van der Waals surface area contributed by atoms with E-state index in [4.69, 9.17) is 0 Å². The fourth-order valence-corrected chi connectivity index (χ4v) is 1.07. The predicted molar refractivity (Wildman–Crippen MR) is 48.6 cm³/mol. The van der Waals surface area contributed by atoms with Gasteiger partial charge in [-0.05, 0) is 31.0 Å². The Hall–Kier alpha value is -1.71. The number of aromatic nitrogens is 4. The molecule has 0 atom stereocenters. The lowest BCUT2D eigenvalue weighted by atomic mass is 10.2. The average Bonchev–Trinajstić information content (AvgIpc) is 2.62. The molecule has 4 nitrogen and oxygen atoms in total. The molecule has 0 N–H and O–H groups in total. The summed E-state index contributed by atoms with van der Waals surface area (Å²) in [4.78, 5) is 4.26. The Morgan fingerprint density at radius 3 is 2.38 bits per heavy atom. The summed E-state index contributed by atoms with van der Waals surface area (Å²) in [6.45, 7) is 4.10. The van der Waals surface area contributed by atoms with E-state index in [1.807, 2.05) is 19.2 Å². The number of aryl methyl sites for hydroxylation is 2. The highest BCUT2D eigenvalue weighted by atomic mass is 15.2. The monoisotopic (exact) mass is 174 g/mol. The quantitative estimate of drug-likeness (QED) is 0.654. The zero-order valence-corrected chi connectivity index (χ0v) is 7.60. The molecule has 4 heteroatoms. The summed E-state index contributed by atoms with van der Waals surface area (Å²) < 4.78 is 1.78. The molecule has 2 aromatic heterocycles. The summed E-state index contributed by atoms with van der Waals surface area (Å²) in [5.41, 5.74) is 2.41. The summed E-state index contributed by atoms with van der Waals surface area (Å²) in [7, 11) is 0. The summed E-state index contributed by atoms with van der Waals surface area (Å²) in [6.07, 6.45) is 5.12. The van der Waals surface area contributed by atoms with E-state index in [9.17, 15) is 0 Å². The van der Waals surface area contributed by atoms with Crippen LogP contribution in [0.15, 0.2) is 24.9 Å². The molecule has 0 unspecified atom stereocenters. The van der Waals surface area contributed by atoms with Crippen molar-refractivity contribution in [2.24, 2.45) is 0 Å². The number of rotatable bonds is 1. The molecule has 0 saturated heterocycles. The number of hydrogen-bond donors (Lipinski definition) is 0. The van der Waals surface area contributed by atoms with E-state index in [1.165, 1.54) is 11.1 Å². The first-order valence-electron chi connectivity index (χ1n) is 4.05. The summed E-state index contributed by atoms with van der Waals surface area (Å²) in [6, 6.07) is 2.01. The van der Waals surface area contributed by atoms with E-state index in [2.05, 4.69) is 22.1 Å². The molecule has 0 amide bonds. The zero-order chi connectivity index (χ0) is 9.26. The third kappa shape index (κ3) is 1.42. The molecule has 0 radical (unpaired) electrons. The summed E-state index contributed by atoms with van der Waals surface area (Å²) in [5.74, 6) is 0.855. The Morgan fingerprint density at radius 1 is 1.08 bits per heavy atom. The molecule has 0 aliphatic rings. The lowest BCUT2D eigenvalue weighted by Gasteiger charge is -2.03. The maximum Gasteiger partial charge on any atom is 0.139 e. The molecule has 0 aromatic carbocycles. The van der Waals surface area contributed by atoms with Crippen LogP contribution in [0.3, 0.4) is 0 Å². The second-order valence-corrected chi connectivity index (χ2v) is 3.00. The summed E-state index contributed by atoms with van der Waals surface area (Å²) >= 11 is 0. The molecule has 0 fully saturated rings. The SMILES string of the molecule is Cc1cnc(-n2cnnc2)cc1C. The van der Waals surface area contributed by atoms with Gasteiger partial charge in [0.05, 0.1) is 0 Å². The van der Waals surface area contributed by atoms with Crippen LogP contribution in [0.5, 0.6) is 0 Å². The van der Waals surface area contributed by atoms with Crippen molar-refractivity contribution in [2.75, 3.05) is 0 Å². The largest absolute Gasteiger partial charge is 0.272 e. The lowest BCUT2D eigenvalue weighted by Crippen LogP contribution is -1.95. The third-order valence-electron chi connectivity index (χ3n) is 2.04. The van der Waals surface area contributed by atoms with Crippen molar-refractivity contribution in [3.05, 3.63) is 36.0 Å². The van der Waals surface area contributed by atoms with Crippen molar-refractivity contribution >= 4 is 0 Å². The maximum atomic E-state index is 4.26. The smallest absolute Gasteiger partial charge is 0.139 e. The van der Waals surface area contributed by atoms with Crippen molar-refractivity contribution in [1.29, 1.82) is 0 Å². The topological polar surface area (TPSA) is 43.6 Å². The highest BCUT2D eigenvalue weighted by Gasteiger charge is 1.99. The van der Waals surface area contributed by atoms with Gasteiger partial charge in [0.15, 0.2) is 0 Å². The van der Waals surface area contributed by atoms with Crippen molar-refractivity contribution in [1.82, 2.24) is 19.7 Å². The first-order valence-corrected chi connectivity index (χ1v) is 4.05. The molecule has 2 heterocycles. The van der Waals surface area contributed by atoms with Gasteiger partial charge < -0.3 is 0 Å². The van der Waals surface area contributed by atoms with Gasteiger partial charge in [-0.1, -0.05) is 0 Å².